The number of hydrogen-bond donors (Lipinski definition) is 3. The van der Waals surface area contributed by atoms with Gasteiger partial charge in [-0.2, -0.15) is 0 Å². The van der Waals surface area contributed by atoms with Crippen molar-refractivity contribution in [3.05, 3.63) is 47.7 Å². The molecule has 1 fully saturated rings. The number of nitrogens with one attached hydrogen (secondary N) is 2. The first kappa shape index (κ1) is 25.0. The van der Waals surface area contributed by atoms with Crippen LogP contribution >= 0.6 is 0 Å². The lowest BCUT2D eigenvalue weighted by atomic mass is 9.89. The lowest BCUT2D eigenvalue weighted by Gasteiger charge is -2.38. The number of hydrogen-bond acceptors (Lipinski definition) is 7. The number of likely N-dealkylation sites (tertiary alicyclic amines) is 1. The Morgan fingerprint density at radius 2 is 1.82 bits per heavy atom. The van der Waals surface area contributed by atoms with Crippen molar-refractivity contribution in [2.75, 3.05) is 29.9 Å². The van der Waals surface area contributed by atoms with E-state index >= 15 is 0 Å². The normalized spacial score (nSPS) is 18.1. The van der Waals surface area contributed by atoms with Crippen LogP contribution in [0.1, 0.15) is 41.7 Å². The van der Waals surface area contributed by atoms with E-state index in [0.29, 0.717) is 18.7 Å². The minimum Gasteiger partial charge on any atom is -0.480 e. The fourth-order valence-electron chi connectivity index (χ4n) is 3.89. The Kier molecular flexibility index (Phi) is 7.40. The van der Waals surface area contributed by atoms with Crippen molar-refractivity contribution in [2.24, 2.45) is 11.7 Å². The number of piperidine rings is 1. The number of aromatic nitrogens is 1. The molecule has 1 aliphatic rings. The fourth-order valence-corrected chi connectivity index (χ4v) is 4.45. The van der Waals surface area contributed by atoms with Crippen LogP contribution in [-0.4, -0.2) is 55.9 Å². The average Bonchev–Trinajstić information content (AvgIpc) is 2.78. The molecule has 2 atom stereocenters. The molecule has 3 amide bonds. The van der Waals surface area contributed by atoms with Gasteiger partial charge in [-0.1, -0.05) is 19.1 Å². The molecular formula is C22H27N5O6S. The number of nitrogens with zero attached hydrogens (tertiary/aromatic N) is 2. The first-order valence-corrected chi connectivity index (χ1v) is 12.4. The van der Waals surface area contributed by atoms with Crippen molar-refractivity contribution >= 4 is 39.1 Å². The summed E-state index contributed by atoms with van der Waals surface area (Å²) in [5, 5.41) is 2.47. The Morgan fingerprint density at radius 1 is 1.15 bits per heavy atom. The smallest absolute Gasteiger partial charge is 0.313 e. The Labute approximate surface area is 197 Å². The van der Waals surface area contributed by atoms with Gasteiger partial charge in [0.05, 0.1) is 31.3 Å². The molecule has 0 aliphatic carbocycles. The third-order valence-electron chi connectivity index (χ3n) is 5.44. The van der Waals surface area contributed by atoms with Crippen LogP contribution in [0.25, 0.3) is 0 Å². The number of carbonyl (C=O) groups is 3. The van der Waals surface area contributed by atoms with E-state index < -0.39 is 27.7 Å². The molecule has 0 bridgehead atoms. The summed E-state index contributed by atoms with van der Waals surface area (Å²) in [5.74, 6) is -2.19. The molecule has 1 aromatic heterocycles. The summed E-state index contributed by atoms with van der Waals surface area (Å²) in [6.45, 7) is 2.38. The van der Waals surface area contributed by atoms with Crippen molar-refractivity contribution in [1.29, 1.82) is 0 Å². The monoisotopic (exact) mass is 489 g/mol. The van der Waals surface area contributed by atoms with E-state index in [2.05, 4.69) is 15.0 Å². The molecule has 12 heteroatoms. The van der Waals surface area contributed by atoms with Gasteiger partial charge in [0.1, 0.15) is 5.56 Å². The fraction of sp³-hybridized carbons (Fsp3) is 0.364. The summed E-state index contributed by atoms with van der Waals surface area (Å²) in [4.78, 5) is 43.0. The molecule has 11 nitrogen and oxygen atoms in total. The first-order chi connectivity index (χ1) is 16.0. The summed E-state index contributed by atoms with van der Waals surface area (Å²) in [7, 11) is -2.08. The number of anilines is 2. The van der Waals surface area contributed by atoms with E-state index in [0.717, 1.165) is 18.2 Å². The summed E-state index contributed by atoms with van der Waals surface area (Å²) in [6, 6.07) is 7.65. The summed E-state index contributed by atoms with van der Waals surface area (Å²) >= 11 is 0. The van der Waals surface area contributed by atoms with E-state index in [9.17, 15) is 22.8 Å². The van der Waals surface area contributed by atoms with Gasteiger partial charge in [0.2, 0.25) is 15.9 Å². The van der Waals surface area contributed by atoms with E-state index in [4.69, 9.17) is 10.5 Å². The van der Waals surface area contributed by atoms with E-state index in [1.54, 1.807) is 24.3 Å². The molecule has 34 heavy (non-hydrogen) atoms. The maximum absolute atomic E-state index is 13.1. The SMILES string of the molecule is COc1ncc(NC(=O)C(=O)N2C[C@H](C)CCC2c2ccc(NS(C)(=O)=O)cc2)cc1C(N)=O. The summed E-state index contributed by atoms with van der Waals surface area (Å²) < 4.78 is 30.3. The predicted molar refractivity (Wildman–Crippen MR) is 126 cm³/mol. The molecule has 1 saturated heterocycles. The van der Waals surface area contributed by atoms with Crippen molar-refractivity contribution in [3.8, 4) is 5.88 Å². The molecule has 3 rings (SSSR count). The number of benzene rings is 1. The van der Waals surface area contributed by atoms with Gasteiger partial charge >= 0.3 is 11.8 Å². The molecule has 1 aliphatic heterocycles. The number of carbonyl (C=O) groups excluding carboxylic acids is 3. The molecule has 1 unspecified atom stereocenters. The molecule has 182 valence electrons. The molecule has 0 saturated carbocycles. The van der Waals surface area contributed by atoms with Crippen molar-refractivity contribution in [3.63, 3.8) is 0 Å². The number of rotatable bonds is 6. The second-order valence-corrected chi connectivity index (χ2v) is 10.00. The summed E-state index contributed by atoms with van der Waals surface area (Å²) in [5.41, 5.74) is 6.62. The lowest BCUT2D eigenvalue weighted by molar-refractivity contribution is -0.146. The molecule has 4 N–H and O–H groups in total. The zero-order valence-electron chi connectivity index (χ0n) is 19.1. The Balaban J connectivity index is 1.80. The van der Waals surface area contributed by atoms with Crippen molar-refractivity contribution in [2.45, 2.75) is 25.8 Å². The Hall–Kier alpha value is -3.67. The summed E-state index contributed by atoms with van der Waals surface area (Å²) in [6.07, 6.45) is 3.84. The molecule has 2 heterocycles. The van der Waals surface area contributed by atoms with Gasteiger partial charge in [0, 0.05) is 12.2 Å². The quantitative estimate of drug-likeness (QED) is 0.518. The Bertz CT molecular complexity index is 1200. The lowest BCUT2D eigenvalue weighted by Crippen LogP contribution is -2.46. The number of primary amides is 1. The van der Waals surface area contributed by atoms with E-state index in [-0.39, 0.29) is 29.1 Å². The highest BCUT2D eigenvalue weighted by Crippen LogP contribution is 2.34. The predicted octanol–water partition coefficient (Wildman–Crippen LogP) is 1.50. The van der Waals surface area contributed by atoms with E-state index in [1.807, 2.05) is 6.92 Å². The number of methoxy groups -OCH3 is 1. The molecule has 1 aromatic carbocycles. The minimum atomic E-state index is -3.41. The van der Waals surface area contributed by atoms with E-state index in [1.165, 1.54) is 24.3 Å². The zero-order chi connectivity index (χ0) is 25.0. The van der Waals surface area contributed by atoms with Gasteiger partial charge in [-0.3, -0.25) is 19.1 Å². The van der Waals surface area contributed by atoms with Gasteiger partial charge in [0.15, 0.2) is 0 Å². The van der Waals surface area contributed by atoms with Gasteiger partial charge in [-0.05, 0) is 42.5 Å². The number of amides is 3. The highest BCUT2D eigenvalue weighted by Gasteiger charge is 2.34. The average molecular weight is 490 g/mol. The van der Waals surface area contributed by atoms with Gasteiger partial charge in [0.25, 0.3) is 5.91 Å². The first-order valence-electron chi connectivity index (χ1n) is 10.5. The van der Waals surface area contributed by atoms with Crippen LogP contribution in [0.15, 0.2) is 36.5 Å². The van der Waals surface area contributed by atoms with Gasteiger partial charge < -0.3 is 20.7 Å². The molecule has 0 spiro atoms. The van der Waals surface area contributed by atoms with Gasteiger partial charge in [-0.25, -0.2) is 13.4 Å². The third kappa shape index (κ3) is 6.01. The van der Waals surface area contributed by atoms with Gasteiger partial charge in [-0.15, -0.1) is 0 Å². The Morgan fingerprint density at radius 3 is 2.41 bits per heavy atom. The standard InChI is InChI=1S/C22H27N5O6S/c1-13-4-9-18(14-5-7-15(8-6-14)26-34(3,31)32)27(12-13)22(30)20(29)25-16-10-17(19(23)28)21(33-2)24-11-16/h5-8,10-11,13,18,26H,4,9,12H2,1-3H3,(H2,23,28)(H,25,29)/t13-,18?/m1/s1. The number of nitrogens with two attached hydrogens (primary N) is 1. The highest BCUT2D eigenvalue weighted by molar-refractivity contribution is 7.92. The van der Waals surface area contributed by atoms with Crippen LogP contribution in [0.4, 0.5) is 11.4 Å². The third-order valence-corrected chi connectivity index (χ3v) is 6.05. The number of ether oxygens (including phenoxy) is 1. The maximum Gasteiger partial charge on any atom is 0.313 e. The second kappa shape index (κ2) is 10.1. The van der Waals surface area contributed by atoms with Crippen LogP contribution in [0.3, 0.4) is 0 Å². The molecule has 0 radical (unpaired) electrons. The number of sulfonamides is 1. The largest absolute Gasteiger partial charge is 0.480 e. The van der Waals surface area contributed by atoms with Crippen molar-refractivity contribution < 1.29 is 27.5 Å². The minimum absolute atomic E-state index is 0.00977. The zero-order valence-corrected chi connectivity index (χ0v) is 19.9. The van der Waals surface area contributed by atoms with Crippen LogP contribution in [0.2, 0.25) is 0 Å². The van der Waals surface area contributed by atoms with Crippen LogP contribution in [0.5, 0.6) is 5.88 Å². The van der Waals surface area contributed by atoms with Crippen molar-refractivity contribution in [1.82, 2.24) is 9.88 Å². The molecular weight excluding hydrogens is 462 g/mol. The van der Waals surface area contributed by atoms with Crippen LogP contribution in [-0.2, 0) is 19.6 Å². The van der Waals surface area contributed by atoms with Crippen LogP contribution in [0, 0.1) is 5.92 Å². The maximum atomic E-state index is 13.1. The van der Waals surface area contributed by atoms with Crippen LogP contribution < -0.4 is 20.5 Å². The topological polar surface area (TPSA) is 161 Å². The number of pyridine rings is 1. The second-order valence-electron chi connectivity index (χ2n) is 8.25. The molecule has 2 aromatic rings. The highest BCUT2D eigenvalue weighted by atomic mass is 32.2.